The zero-order chi connectivity index (χ0) is 20.5. The third-order valence-electron chi connectivity index (χ3n) is 5.94. The Morgan fingerprint density at radius 3 is 2.59 bits per heavy atom. The van der Waals surface area contributed by atoms with Crippen molar-refractivity contribution in [2.24, 2.45) is 0 Å². The molecule has 0 bridgehead atoms. The van der Waals surface area contributed by atoms with Gasteiger partial charge in [0.15, 0.2) is 0 Å². The highest BCUT2D eigenvalue weighted by Gasteiger charge is 2.42. The summed E-state index contributed by atoms with van der Waals surface area (Å²) in [5.41, 5.74) is 1.06. The number of hydrogen-bond acceptors (Lipinski definition) is 4. The Labute approximate surface area is 171 Å². The lowest BCUT2D eigenvalue weighted by Gasteiger charge is -2.44. The van der Waals surface area contributed by atoms with E-state index < -0.39 is 10.0 Å². The molecule has 1 fully saturated rings. The average molecular weight is 415 g/mol. The van der Waals surface area contributed by atoms with E-state index in [-0.39, 0.29) is 22.4 Å². The Morgan fingerprint density at radius 2 is 1.83 bits per heavy atom. The quantitative estimate of drug-likeness (QED) is 0.801. The fraction of sp³-hybridized carbons (Fsp3) is 0.409. The first-order valence-corrected chi connectivity index (χ1v) is 11.5. The number of sulfonamides is 1. The van der Waals surface area contributed by atoms with E-state index in [1.807, 2.05) is 24.3 Å². The molecule has 4 rings (SSSR count). The summed E-state index contributed by atoms with van der Waals surface area (Å²) in [6, 6.07) is 13.8. The number of rotatable bonds is 4. The van der Waals surface area contributed by atoms with Gasteiger partial charge in [-0.2, -0.15) is 0 Å². The van der Waals surface area contributed by atoms with E-state index in [1.165, 1.54) is 25.6 Å². The second kappa shape index (κ2) is 7.80. The molecule has 1 heterocycles. The highest BCUT2D eigenvalue weighted by Crippen LogP contribution is 2.46. The van der Waals surface area contributed by atoms with Gasteiger partial charge in [-0.15, -0.1) is 0 Å². The molecule has 0 unspecified atom stereocenters. The Bertz CT molecular complexity index is 1010. The molecule has 29 heavy (non-hydrogen) atoms. The van der Waals surface area contributed by atoms with E-state index in [0.29, 0.717) is 5.56 Å². The van der Waals surface area contributed by atoms with Crippen LogP contribution in [0.15, 0.2) is 53.4 Å². The molecule has 1 spiro atoms. The number of nitrogens with one attached hydrogen (secondary N) is 2. The first-order chi connectivity index (χ1) is 13.9. The Kier molecular flexibility index (Phi) is 5.36. The predicted molar refractivity (Wildman–Crippen MR) is 110 cm³/mol. The Morgan fingerprint density at radius 1 is 1.07 bits per heavy atom. The highest BCUT2D eigenvalue weighted by molar-refractivity contribution is 7.89. The minimum Gasteiger partial charge on any atom is -0.487 e. The summed E-state index contributed by atoms with van der Waals surface area (Å²) >= 11 is 0. The summed E-state index contributed by atoms with van der Waals surface area (Å²) in [6.07, 6.45) is 6.19. The molecule has 1 atom stereocenters. The standard InChI is InChI=1S/C22H26N2O4S/c1-23-29(26,27)17-9-7-8-16(14-17)21(25)24-19-15-22(12-5-2-6-13-22)28-20-11-4-3-10-18(19)20/h3-4,7-11,14,19,23H,2,5-6,12-13,15H2,1H3,(H,24,25)/t19-/m0/s1. The summed E-state index contributed by atoms with van der Waals surface area (Å²) in [6.45, 7) is 0. The zero-order valence-electron chi connectivity index (χ0n) is 16.5. The fourth-order valence-electron chi connectivity index (χ4n) is 4.41. The van der Waals surface area contributed by atoms with Crippen LogP contribution in [0.2, 0.25) is 0 Å². The van der Waals surface area contributed by atoms with Gasteiger partial charge in [0.2, 0.25) is 10.0 Å². The molecule has 2 aromatic rings. The Balaban J connectivity index is 1.61. The molecule has 1 aliphatic heterocycles. The number of para-hydroxylation sites is 1. The molecule has 154 valence electrons. The van der Waals surface area contributed by atoms with Crippen molar-refractivity contribution in [1.82, 2.24) is 10.0 Å². The minimum absolute atomic E-state index is 0.0729. The maximum atomic E-state index is 13.0. The van der Waals surface area contributed by atoms with Crippen molar-refractivity contribution < 1.29 is 17.9 Å². The van der Waals surface area contributed by atoms with E-state index in [9.17, 15) is 13.2 Å². The van der Waals surface area contributed by atoms with Crippen LogP contribution in [-0.4, -0.2) is 27.0 Å². The molecule has 2 N–H and O–H groups in total. The van der Waals surface area contributed by atoms with E-state index >= 15 is 0 Å². The second-order valence-electron chi connectivity index (χ2n) is 7.85. The van der Waals surface area contributed by atoms with E-state index in [0.717, 1.165) is 43.4 Å². The van der Waals surface area contributed by atoms with Gasteiger partial charge in [0, 0.05) is 17.5 Å². The van der Waals surface area contributed by atoms with Crippen molar-refractivity contribution in [2.45, 2.75) is 55.1 Å². The minimum atomic E-state index is -3.61. The van der Waals surface area contributed by atoms with Gasteiger partial charge >= 0.3 is 0 Å². The molecule has 2 aliphatic rings. The summed E-state index contributed by atoms with van der Waals surface area (Å²) in [7, 11) is -2.26. The van der Waals surface area contributed by atoms with Crippen molar-refractivity contribution in [3.05, 3.63) is 59.7 Å². The van der Waals surface area contributed by atoms with Crippen LogP contribution in [0.1, 0.15) is 60.5 Å². The van der Waals surface area contributed by atoms with Crippen molar-refractivity contribution >= 4 is 15.9 Å². The maximum absolute atomic E-state index is 13.0. The monoisotopic (exact) mass is 414 g/mol. The smallest absolute Gasteiger partial charge is 0.251 e. The molecule has 0 aromatic heterocycles. The van der Waals surface area contributed by atoms with Gasteiger partial charge in [-0.1, -0.05) is 30.7 Å². The average Bonchev–Trinajstić information content (AvgIpc) is 2.74. The largest absolute Gasteiger partial charge is 0.487 e. The highest BCUT2D eigenvalue weighted by atomic mass is 32.2. The van der Waals surface area contributed by atoms with Crippen molar-refractivity contribution in [2.75, 3.05) is 7.05 Å². The van der Waals surface area contributed by atoms with E-state index in [2.05, 4.69) is 10.0 Å². The number of carbonyl (C=O) groups is 1. The molecule has 2 aromatic carbocycles. The Hall–Kier alpha value is -2.38. The van der Waals surface area contributed by atoms with Gasteiger partial charge in [0.1, 0.15) is 11.4 Å². The molecule has 0 saturated heterocycles. The molecule has 6 nitrogen and oxygen atoms in total. The van der Waals surface area contributed by atoms with Crippen molar-refractivity contribution in [3.63, 3.8) is 0 Å². The van der Waals surface area contributed by atoms with Crippen LogP contribution >= 0.6 is 0 Å². The van der Waals surface area contributed by atoms with Crippen LogP contribution in [0.5, 0.6) is 5.75 Å². The van der Waals surface area contributed by atoms with Crippen LogP contribution in [-0.2, 0) is 10.0 Å². The fourth-order valence-corrected chi connectivity index (χ4v) is 5.19. The van der Waals surface area contributed by atoms with Crippen LogP contribution in [0.25, 0.3) is 0 Å². The lowest BCUT2D eigenvalue weighted by molar-refractivity contribution is -0.00210. The van der Waals surface area contributed by atoms with Crippen LogP contribution in [0, 0.1) is 0 Å². The number of amides is 1. The van der Waals surface area contributed by atoms with Crippen LogP contribution < -0.4 is 14.8 Å². The van der Waals surface area contributed by atoms with Gasteiger partial charge in [-0.05, 0) is 57.0 Å². The summed E-state index contributed by atoms with van der Waals surface area (Å²) in [4.78, 5) is 13.1. The van der Waals surface area contributed by atoms with E-state index in [4.69, 9.17) is 4.74 Å². The van der Waals surface area contributed by atoms with Gasteiger partial charge in [-0.3, -0.25) is 4.79 Å². The molecule has 1 aliphatic carbocycles. The number of ether oxygens (including phenoxy) is 1. The van der Waals surface area contributed by atoms with E-state index in [1.54, 1.807) is 12.1 Å². The summed E-state index contributed by atoms with van der Waals surface area (Å²) < 4.78 is 32.8. The molecule has 0 radical (unpaired) electrons. The van der Waals surface area contributed by atoms with Gasteiger partial charge < -0.3 is 10.1 Å². The summed E-state index contributed by atoms with van der Waals surface area (Å²) in [5, 5.41) is 3.13. The lowest BCUT2D eigenvalue weighted by atomic mass is 9.77. The van der Waals surface area contributed by atoms with Gasteiger partial charge in [0.25, 0.3) is 5.91 Å². The topological polar surface area (TPSA) is 84.5 Å². The molecule has 7 heteroatoms. The summed E-state index contributed by atoms with van der Waals surface area (Å²) in [5.74, 6) is 0.545. The predicted octanol–water partition coefficient (Wildman–Crippen LogP) is 3.55. The van der Waals surface area contributed by atoms with Crippen LogP contribution in [0.3, 0.4) is 0 Å². The number of fused-ring (bicyclic) bond motifs is 1. The normalized spacial score (nSPS) is 20.5. The van der Waals surface area contributed by atoms with Gasteiger partial charge in [0.05, 0.1) is 10.9 Å². The number of hydrogen-bond donors (Lipinski definition) is 2. The number of benzene rings is 2. The third-order valence-corrected chi connectivity index (χ3v) is 7.35. The lowest BCUT2D eigenvalue weighted by Crippen LogP contribution is -2.46. The molecular weight excluding hydrogens is 388 g/mol. The van der Waals surface area contributed by atoms with Crippen molar-refractivity contribution in [1.29, 1.82) is 0 Å². The molecule has 1 saturated carbocycles. The van der Waals surface area contributed by atoms with Crippen LogP contribution in [0.4, 0.5) is 0 Å². The first-order valence-electron chi connectivity index (χ1n) is 10.0. The SMILES string of the molecule is CNS(=O)(=O)c1cccc(C(=O)N[C@H]2CC3(CCCCC3)Oc3ccccc32)c1. The number of carbonyl (C=O) groups excluding carboxylic acids is 1. The maximum Gasteiger partial charge on any atom is 0.251 e. The zero-order valence-corrected chi connectivity index (χ0v) is 17.3. The third kappa shape index (κ3) is 4.02. The molecule has 1 amide bonds. The van der Waals surface area contributed by atoms with Gasteiger partial charge in [-0.25, -0.2) is 13.1 Å². The second-order valence-corrected chi connectivity index (χ2v) is 9.74. The molecular formula is C22H26N2O4S. The van der Waals surface area contributed by atoms with Crippen molar-refractivity contribution in [3.8, 4) is 5.75 Å². The first kappa shape index (κ1) is 19.9.